The lowest BCUT2D eigenvalue weighted by Crippen LogP contribution is -2.39. The van der Waals surface area contributed by atoms with Gasteiger partial charge in [-0.15, -0.1) is 0 Å². The summed E-state index contributed by atoms with van der Waals surface area (Å²) in [5, 5.41) is 9.26. The van der Waals surface area contributed by atoms with Crippen molar-refractivity contribution in [1.29, 1.82) is 0 Å². The topological polar surface area (TPSA) is 105 Å². The standard InChI is InChI=1S/C28H28N4O5S/c33-28(29-23-12-14-31(18-23)17-20-10-11-21-6-4-5-7-22(21)16-20)36-27-25-19-32(15-13-26(25)37-30-27)38(34,35)24-8-2-1-3-9-24/h1-11,16,23H,12-15,17-19H2,(H,29,33). The van der Waals surface area contributed by atoms with Crippen LogP contribution in [0.15, 0.2) is 82.2 Å². The summed E-state index contributed by atoms with van der Waals surface area (Å²) in [6.45, 7) is 2.67. The van der Waals surface area contributed by atoms with E-state index in [4.69, 9.17) is 9.26 Å². The second kappa shape index (κ2) is 10.2. The minimum atomic E-state index is -3.69. The lowest BCUT2D eigenvalue weighted by atomic mass is 10.1. The minimum absolute atomic E-state index is 0.0106. The molecule has 1 saturated heterocycles. The fraction of sp³-hybridized carbons (Fsp3) is 0.286. The molecule has 0 aliphatic carbocycles. The number of aromatic nitrogens is 1. The number of carbonyl (C=O) groups is 1. The molecular formula is C28H28N4O5S. The van der Waals surface area contributed by atoms with E-state index in [1.807, 2.05) is 12.1 Å². The second-order valence-corrected chi connectivity index (χ2v) is 11.7. The molecule has 1 N–H and O–H groups in total. The first kappa shape index (κ1) is 24.6. The molecule has 3 aromatic carbocycles. The van der Waals surface area contributed by atoms with Crippen LogP contribution in [0, 0.1) is 0 Å². The van der Waals surface area contributed by atoms with E-state index in [0.717, 1.165) is 19.5 Å². The molecule has 10 heteroatoms. The van der Waals surface area contributed by atoms with Crippen molar-refractivity contribution in [1.82, 2.24) is 19.7 Å². The Labute approximate surface area is 221 Å². The predicted octanol–water partition coefficient (Wildman–Crippen LogP) is 3.94. The number of likely N-dealkylation sites (tertiary alicyclic amines) is 1. The first-order valence-corrected chi connectivity index (χ1v) is 14.1. The van der Waals surface area contributed by atoms with Gasteiger partial charge in [-0.05, 0) is 46.1 Å². The van der Waals surface area contributed by atoms with E-state index in [-0.39, 0.29) is 29.9 Å². The number of rotatable bonds is 6. The summed E-state index contributed by atoms with van der Waals surface area (Å²) in [5.74, 6) is 0.547. The zero-order valence-corrected chi connectivity index (χ0v) is 21.6. The molecule has 1 fully saturated rings. The van der Waals surface area contributed by atoms with Crippen LogP contribution < -0.4 is 10.1 Å². The van der Waals surface area contributed by atoms with Crippen molar-refractivity contribution in [3.63, 3.8) is 0 Å². The number of hydrogen-bond acceptors (Lipinski definition) is 7. The molecule has 9 nitrogen and oxygen atoms in total. The highest BCUT2D eigenvalue weighted by Crippen LogP contribution is 2.31. The second-order valence-electron chi connectivity index (χ2n) is 9.73. The number of nitrogens with zero attached hydrogens (tertiary/aromatic N) is 3. The first-order valence-electron chi connectivity index (χ1n) is 12.7. The smallest absolute Gasteiger partial charge is 0.388 e. The molecule has 3 heterocycles. The van der Waals surface area contributed by atoms with Gasteiger partial charge in [-0.1, -0.05) is 54.6 Å². The molecule has 6 rings (SSSR count). The summed E-state index contributed by atoms with van der Waals surface area (Å²) < 4.78 is 38.3. The third kappa shape index (κ3) is 5.02. The number of amides is 1. The average molecular weight is 533 g/mol. The van der Waals surface area contributed by atoms with Crippen LogP contribution in [0.5, 0.6) is 5.88 Å². The largest absolute Gasteiger partial charge is 0.414 e. The van der Waals surface area contributed by atoms with Crippen molar-refractivity contribution in [3.8, 4) is 5.88 Å². The van der Waals surface area contributed by atoms with Gasteiger partial charge in [0, 0.05) is 45.2 Å². The van der Waals surface area contributed by atoms with Crippen LogP contribution in [0.2, 0.25) is 0 Å². The summed E-state index contributed by atoms with van der Waals surface area (Å²) in [7, 11) is -3.69. The Balaban J connectivity index is 1.06. The van der Waals surface area contributed by atoms with Gasteiger partial charge in [0.1, 0.15) is 5.76 Å². The maximum absolute atomic E-state index is 13.1. The van der Waals surface area contributed by atoms with Gasteiger partial charge in [0.05, 0.1) is 10.5 Å². The van der Waals surface area contributed by atoms with Crippen molar-refractivity contribution < 1.29 is 22.5 Å². The summed E-state index contributed by atoms with van der Waals surface area (Å²) in [6.07, 6.45) is 0.538. The highest BCUT2D eigenvalue weighted by molar-refractivity contribution is 7.89. The van der Waals surface area contributed by atoms with Crippen molar-refractivity contribution in [2.24, 2.45) is 0 Å². The quantitative estimate of drug-likeness (QED) is 0.401. The fourth-order valence-corrected chi connectivity index (χ4v) is 6.59. The van der Waals surface area contributed by atoms with Gasteiger partial charge >= 0.3 is 6.09 Å². The van der Waals surface area contributed by atoms with E-state index in [2.05, 4.69) is 45.7 Å². The lowest BCUT2D eigenvalue weighted by molar-refractivity contribution is 0.190. The SMILES string of the molecule is O=C(NC1CCN(Cc2ccc3ccccc3c2)C1)Oc1noc2c1CN(S(=O)(=O)c1ccccc1)CC2. The Bertz CT molecular complexity index is 1570. The maximum Gasteiger partial charge on any atom is 0.414 e. The van der Waals surface area contributed by atoms with E-state index in [1.165, 1.54) is 20.6 Å². The normalized spacial score (nSPS) is 18.4. The number of sulfonamides is 1. The number of ether oxygens (including phenoxy) is 1. The Kier molecular flexibility index (Phi) is 6.61. The summed E-state index contributed by atoms with van der Waals surface area (Å²) in [5.41, 5.74) is 1.71. The number of nitrogens with one attached hydrogen (secondary N) is 1. The van der Waals surface area contributed by atoms with E-state index >= 15 is 0 Å². The van der Waals surface area contributed by atoms with E-state index in [1.54, 1.807) is 30.3 Å². The highest BCUT2D eigenvalue weighted by atomic mass is 32.2. The maximum atomic E-state index is 13.1. The number of hydrogen-bond donors (Lipinski definition) is 1. The van der Waals surface area contributed by atoms with Crippen LogP contribution in [0.4, 0.5) is 4.79 Å². The van der Waals surface area contributed by atoms with Gasteiger partial charge in [-0.3, -0.25) is 4.90 Å². The molecule has 1 amide bonds. The average Bonchev–Trinajstić information content (AvgIpc) is 3.55. The number of carbonyl (C=O) groups excluding carboxylic acids is 1. The van der Waals surface area contributed by atoms with Gasteiger partial charge < -0.3 is 14.6 Å². The van der Waals surface area contributed by atoms with Crippen molar-refractivity contribution in [2.75, 3.05) is 19.6 Å². The number of benzene rings is 3. The highest BCUT2D eigenvalue weighted by Gasteiger charge is 2.34. The zero-order chi connectivity index (χ0) is 26.1. The van der Waals surface area contributed by atoms with E-state index in [9.17, 15) is 13.2 Å². The molecule has 0 radical (unpaired) electrons. The van der Waals surface area contributed by atoms with Crippen LogP contribution in [0.25, 0.3) is 10.8 Å². The molecule has 1 aromatic heterocycles. The third-order valence-electron chi connectivity index (χ3n) is 7.14. The molecule has 1 unspecified atom stereocenters. The third-order valence-corrected chi connectivity index (χ3v) is 9.00. The molecule has 0 saturated carbocycles. The lowest BCUT2D eigenvalue weighted by Gasteiger charge is -2.25. The van der Waals surface area contributed by atoms with Crippen LogP contribution >= 0.6 is 0 Å². The van der Waals surface area contributed by atoms with Crippen LogP contribution in [-0.2, 0) is 29.5 Å². The molecule has 38 heavy (non-hydrogen) atoms. The summed E-state index contributed by atoms with van der Waals surface area (Å²) in [6, 6.07) is 23.0. The monoisotopic (exact) mass is 532 g/mol. The van der Waals surface area contributed by atoms with Gasteiger partial charge in [0.25, 0.3) is 5.88 Å². The molecule has 1 atom stereocenters. The fourth-order valence-electron chi connectivity index (χ4n) is 5.16. The molecule has 0 spiro atoms. The van der Waals surface area contributed by atoms with Crippen molar-refractivity contribution in [2.45, 2.75) is 36.9 Å². The van der Waals surface area contributed by atoms with Crippen molar-refractivity contribution in [3.05, 3.63) is 89.7 Å². The molecular weight excluding hydrogens is 504 g/mol. The Morgan fingerprint density at radius 1 is 1.03 bits per heavy atom. The van der Waals surface area contributed by atoms with Gasteiger partial charge in [-0.2, -0.15) is 4.31 Å². The van der Waals surface area contributed by atoms with Crippen LogP contribution in [-0.4, -0.2) is 54.5 Å². The van der Waals surface area contributed by atoms with Crippen molar-refractivity contribution >= 4 is 26.9 Å². The van der Waals surface area contributed by atoms with Gasteiger partial charge in [0.15, 0.2) is 0 Å². The molecule has 2 aliphatic heterocycles. The van der Waals surface area contributed by atoms with Crippen LogP contribution in [0.1, 0.15) is 23.3 Å². The summed E-state index contributed by atoms with van der Waals surface area (Å²) >= 11 is 0. The minimum Gasteiger partial charge on any atom is -0.388 e. The zero-order valence-electron chi connectivity index (χ0n) is 20.7. The van der Waals surface area contributed by atoms with Gasteiger partial charge in [-0.25, -0.2) is 13.2 Å². The Hall–Kier alpha value is -3.73. The molecule has 0 bridgehead atoms. The van der Waals surface area contributed by atoms with Crippen LogP contribution in [0.3, 0.4) is 0 Å². The molecule has 196 valence electrons. The number of fused-ring (bicyclic) bond motifs is 2. The molecule has 2 aliphatic rings. The Morgan fingerprint density at radius 3 is 2.66 bits per heavy atom. The Morgan fingerprint density at radius 2 is 1.82 bits per heavy atom. The first-order chi connectivity index (χ1) is 18.5. The summed E-state index contributed by atoms with van der Waals surface area (Å²) in [4.78, 5) is 15.2. The van der Waals surface area contributed by atoms with E-state index < -0.39 is 16.1 Å². The predicted molar refractivity (Wildman–Crippen MR) is 141 cm³/mol. The van der Waals surface area contributed by atoms with E-state index in [0.29, 0.717) is 24.3 Å². The molecule has 4 aromatic rings. The van der Waals surface area contributed by atoms with Gasteiger partial charge in [0.2, 0.25) is 10.0 Å².